The molecule has 0 unspecified atom stereocenters. The van der Waals surface area contributed by atoms with Gasteiger partial charge < -0.3 is 14.4 Å². The second-order valence-electron chi connectivity index (χ2n) is 10.6. The second-order valence-corrected chi connectivity index (χ2v) is 10.6. The number of hydrogen-bond donors (Lipinski definition) is 1. The average molecular weight is 526 g/mol. The Morgan fingerprint density at radius 2 is 2.00 bits per heavy atom. The third-order valence-corrected chi connectivity index (χ3v) is 8.19. The van der Waals surface area contributed by atoms with Crippen LogP contribution in [0.1, 0.15) is 60.2 Å². The van der Waals surface area contributed by atoms with Crippen molar-refractivity contribution in [3.05, 3.63) is 70.4 Å². The Kier molecular flexibility index (Phi) is 6.45. The van der Waals surface area contributed by atoms with Crippen LogP contribution < -0.4 is 4.74 Å². The number of rotatable bonds is 5. The molecule has 0 atom stereocenters. The quantitative estimate of drug-likeness (QED) is 0.305. The van der Waals surface area contributed by atoms with E-state index < -0.39 is 11.8 Å². The number of ether oxygens (including phenoxy) is 1. The van der Waals surface area contributed by atoms with Crippen molar-refractivity contribution in [2.24, 2.45) is 7.05 Å². The highest BCUT2D eigenvalue weighted by atomic mass is 19.1. The molecule has 1 aliphatic carbocycles. The van der Waals surface area contributed by atoms with Crippen molar-refractivity contribution >= 4 is 22.6 Å². The molecule has 0 bridgehead atoms. The number of hydrogen-bond acceptors (Lipinski definition) is 4. The van der Waals surface area contributed by atoms with E-state index in [2.05, 4.69) is 23.2 Å². The molecule has 4 heterocycles. The summed E-state index contributed by atoms with van der Waals surface area (Å²) < 4.78 is 23.1. The van der Waals surface area contributed by atoms with Crippen molar-refractivity contribution in [2.45, 2.75) is 58.8 Å². The van der Waals surface area contributed by atoms with Crippen LogP contribution in [0.15, 0.2) is 36.5 Å². The molecule has 0 radical (unpaired) electrons. The monoisotopic (exact) mass is 525 g/mol. The minimum Gasteiger partial charge on any atom is -0.490 e. The van der Waals surface area contributed by atoms with E-state index in [0.29, 0.717) is 29.2 Å². The fourth-order valence-corrected chi connectivity index (χ4v) is 6.19. The number of nitrogens with zero attached hydrogens (tertiary/aromatic N) is 3. The molecule has 0 fully saturated rings. The summed E-state index contributed by atoms with van der Waals surface area (Å²) in [6.07, 6.45) is 9.98. The van der Waals surface area contributed by atoms with Crippen LogP contribution in [0.2, 0.25) is 0 Å². The number of aliphatic carboxylic acids is 1. The van der Waals surface area contributed by atoms with Crippen molar-refractivity contribution in [2.75, 3.05) is 6.61 Å². The van der Waals surface area contributed by atoms with Gasteiger partial charge in [0.15, 0.2) is 11.6 Å². The molecule has 6 rings (SSSR count). The molecule has 6 nitrogen and oxygen atoms in total. The van der Waals surface area contributed by atoms with E-state index >= 15 is 4.39 Å². The number of carboxylic acid groups (broad SMARTS) is 1. The lowest BCUT2D eigenvalue weighted by molar-refractivity contribution is -0.136. The summed E-state index contributed by atoms with van der Waals surface area (Å²) in [4.78, 5) is 21.5. The third kappa shape index (κ3) is 4.40. The maximum Gasteiger partial charge on any atom is 0.307 e. The fourth-order valence-electron chi connectivity index (χ4n) is 6.19. The van der Waals surface area contributed by atoms with Gasteiger partial charge in [-0.2, -0.15) is 0 Å². The lowest BCUT2D eigenvalue weighted by atomic mass is 9.87. The Labute approximate surface area is 227 Å². The van der Waals surface area contributed by atoms with Gasteiger partial charge in [-0.3, -0.25) is 9.78 Å². The zero-order valence-electron chi connectivity index (χ0n) is 22.6. The molecule has 3 aromatic heterocycles. The number of carbonyl (C=O) groups is 1. The summed E-state index contributed by atoms with van der Waals surface area (Å²) in [5.41, 5.74) is 9.40. The van der Waals surface area contributed by atoms with Gasteiger partial charge in [-0.15, -0.1) is 0 Å². The third-order valence-electron chi connectivity index (χ3n) is 8.19. The number of halogens is 1. The largest absolute Gasteiger partial charge is 0.490 e. The normalized spacial score (nSPS) is 15.1. The number of aryl methyl sites for hydroxylation is 2. The zero-order valence-corrected chi connectivity index (χ0v) is 22.6. The molecule has 4 aromatic rings. The zero-order chi connectivity index (χ0) is 27.3. The van der Waals surface area contributed by atoms with E-state index in [-0.39, 0.29) is 6.42 Å². The molecule has 7 heteroatoms. The Bertz CT molecular complexity index is 1670. The Morgan fingerprint density at radius 3 is 2.77 bits per heavy atom. The average Bonchev–Trinajstić information content (AvgIpc) is 3.27. The van der Waals surface area contributed by atoms with Gasteiger partial charge in [-0.25, -0.2) is 9.37 Å². The minimum absolute atomic E-state index is 0.198. The first-order valence-corrected chi connectivity index (χ1v) is 13.6. The molecular weight excluding hydrogens is 493 g/mol. The highest BCUT2D eigenvalue weighted by Crippen LogP contribution is 2.43. The van der Waals surface area contributed by atoms with Crippen molar-refractivity contribution < 1.29 is 19.0 Å². The molecule has 200 valence electrons. The van der Waals surface area contributed by atoms with Crippen molar-refractivity contribution in [1.29, 1.82) is 0 Å². The first-order chi connectivity index (χ1) is 18.8. The molecule has 0 spiro atoms. The minimum atomic E-state index is -0.949. The van der Waals surface area contributed by atoms with Crippen LogP contribution in [-0.4, -0.2) is 32.2 Å². The summed E-state index contributed by atoms with van der Waals surface area (Å²) >= 11 is 0. The maximum atomic E-state index is 15.4. The summed E-state index contributed by atoms with van der Waals surface area (Å²) in [7, 11) is 1.97. The topological polar surface area (TPSA) is 77.2 Å². The SMILES string of the molecule is Cc1nc2c(cc(-c3ccnc(C4=CCCCC4)c3)n2C)c(-c2cc(F)c3c(c2C)CCCO3)c1CC(=O)O. The van der Waals surface area contributed by atoms with Gasteiger partial charge >= 0.3 is 5.97 Å². The predicted molar refractivity (Wildman–Crippen MR) is 150 cm³/mol. The van der Waals surface area contributed by atoms with Crippen LogP contribution in [-0.2, 0) is 24.7 Å². The van der Waals surface area contributed by atoms with Gasteiger partial charge in [0.05, 0.1) is 24.4 Å². The number of allylic oxidation sites excluding steroid dienone is 2. The molecule has 2 aliphatic rings. The lowest BCUT2D eigenvalue weighted by Crippen LogP contribution is -2.13. The predicted octanol–water partition coefficient (Wildman–Crippen LogP) is 6.97. The second kappa shape index (κ2) is 9.95. The number of aromatic nitrogens is 3. The molecule has 39 heavy (non-hydrogen) atoms. The van der Waals surface area contributed by atoms with Crippen molar-refractivity contribution in [3.63, 3.8) is 0 Å². The molecule has 1 N–H and O–H groups in total. The van der Waals surface area contributed by atoms with Gasteiger partial charge in [0, 0.05) is 35.5 Å². The first-order valence-electron chi connectivity index (χ1n) is 13.6. The van der Waals surface area contributed by atoms with Crippen LogP contribution in [0.4, 0.5) is 4.39 Å². The van der Waals surface area contributed by atoms with Crippen LogP contribution >= 0.6 is 0 Å². The molecule has 0 saturated heterocycles. The lowest BCUT2D eigenvalue weighted by Gasteiger charge is -2.23. The Hall–Kier alpha value is -4.00. The van der Waals surface area contributed by atoms with Gasteiger partial charge in [-0.05, 0) is 104 Å². The Morgan fingerprint density at radius 1 is 1.15 bits per heavy atom. The first kappa shape index (κ1) is 25.3. The molecule has 1 aromatic carbocycles. The van der Waals surface area contributed by atoms with E-state index in [9.17, 15) is 9.90 Å². The van der Waals surface area contributed by atoms with Gasteiger partial charge in [-0.1, -0.05) is 6.08 Å². The smallest absolute Gasteiger partial charge is 0.307 e. The van der Waals surface area contributed by atoms with Crippen LogP contribution in [0, 0.1) is 19.7 Å². The number of fused-ring (bicyclic) bond motifs is 2. The summed E-state index contributed by atoms with van der Waals surface area (Å²) in [5.74, 6) is -1.04. The Balaban J connectivity index is 1.60. The van der Waals surface area contributed by atoms with Crippen LogP contribution in [0.3, 0.4) is 0 Å². The number of pyridine rings is 2. The number of carboxylic acids is 1. The molecule has 0 amide bonds. The highest BCUT2D eigenvalue weighted by Gasteiger charge is 2.26. The van der Waals surface area contributed by atoms with Gasteiger partial charge in [0.1, 0.15) is 5.65 Å². The van der Waals surface area contributed by atoms with Gasteiger partial charge in [0.2, 0.25) is 0 Å². The van der Waals surface area contributed by atoms with E-state index in [0.717, 1.165) is 70.4 Å². The summed E-state index contributed by atoms with van der Waals surface area (Å²) in [6, 6.07) is 7.68. The molecular formula is C32H32FN3O3. The van der Waals surface area contributed by atoms with Crippen LogP contribution in [0.5, 0.6) is 5.75 Å². The standard InChI is InChI=1S/C32H32FN3O3/c1-18-22-10-7-13-39-31(22)26(33)15-23(18)30-24(17-29(37)38)19(2)35-32-25(30)16-28(36(32)3)21-11-12-34-27(14-21)20-8-5-4-6-9-20/h8,11-12,14-16H,4-7,9-10,13,17H2,1-3H3,(H,37,38). The molecule has 0 saturated carbocycles. The number of benzene rings is 1. The highest BCUT2D eigenvalue weighted by molar-refractivity contribution is 6.01. The summed E-state index contributed by atoms with van der Waals surface area (Å²) in [6.45, 7) is 4.31. The summed E-state index contributed by atoms with van der Waals surface area (Å²) in [5, 5.41) is 10.6. The van der Waals surface area contributed by atoms with E-state index in [1.165, 1.54) is 24.5 Å². The maximum absolute atomic E-state index is 15.4. The van der Waals surface area contributed by atoms with E-state index in [1.807, 2.05) is 37.7 Å². The van der Waals surface area contributed by atoms with Gasteiger partial charge in [0.25, 0.3) is 0 Å². The fraction of sp³-hybridized carbons (Fsp3) is 0.344. The van der Waals surface area contributed by atoms with Crippen LogP contribution in [0.25, 0.3) is 39.0 Å². The van der Waals surface area contributed by atoms with Crippen molar-refractivity contribution in [3.8, 4) is 28.1 Å². The van der Waals surface area contributed by atoms with E-state index in [4.69, 9.17) is 9.72 Å². The van der Waals surface area contributed by atoms with Crippen molar-refractivity contribution in [1.82, 2.24) is 14.5 Å². The van der Waals surface area contributed by atoms with E-state index in [1.54, 1.807) is 0 Å². The molecule has 1 aliphatic heterocycles.